The summed E-state index contributed by atoms with van der Waals surface area (Å²) in [6, 6.07) is 0. The molecule has 0 aromatic carbocycles. The summed E-state index contributed by atoms with van der Waals surface area (Å²) >= 11 is 5.56. The van der Waals surface area contributed by atoms with Crippen molar-refractivity contribution in [2.75, 3.05) is 26.3 Å². The maximum Gasteiger partial charge on any atom is 0.0812 e. The van der Waals surface area contributed by atoms with Gasteiger partial charge < -0.3 is 9.64 Å². The van der Waals surface area contributed by atoms with Crippen molar-refractivity contribution in [2.45, 2.75) is 32.1 Å². The van der Waals surface area contributed by atoms with E-state index in [9.17, 15) is 0 Å². The zero-order valence-corrected chi connectivity index (χ0v) is 9.52. The molecule has 1 heterocycles. The van der Waals surface area contributed by atoms with Crippen LogP contribution in [0.3, 0.4) is 0 Å². The molecule has 2 rings (SSSR count). The molecule has 0 radical (unpaired) electrons. The lowest BCUT2D eigenvalue weighted by molar-refractivity contribution is 0.0665. The molecule has 1 aliphatic carbocycles. The van der Waals surface area contributed by atoms with E-state index in [2.05, 4.69) is 4.90 Å². The number of ether oxygens (including phenoxy) is 1. The van der Waals surface area contributed by atoms with Crippen LogP contribution in [0.15, 0.2) is 0 Å². The molecule has 3 heteroatoms. The van der Waals surface area contributed by atoms with Gasteiger partial charge in [0.25, 0.3) is 0 Å². The predicted molar refractivity (Wildman–Crippen MR) is 61.6 cm³/mol. The summed E-state index contributed by atoms with van der Waals surface area (Å²) in [6.45, 7) is 3.73. The zero-order valence-electron chi connectivity index (χ0n) is 8.71. The van der Waals surface area contributed by atoms with Crippen molar-refractivity contribution >= 4 is 17.2 Å². The van der Waals surface area contributed by atoms with E-state index in [0.29, 0.717) is 5.92 Å². The van der Waals surface area contributed by atoms with Gasteiger partial charge in [0.05, 0.1) is 18.2 Å². The summed E-state index contributed by atoms with van der Waals surface area (Å²) in [5, 5.41) is 0. The molecule has 2 nitrogen and oxygen atoms in total. The Morgan fingerprint density at radius 3 is 2.36 bits per heavy atom. The summed E-state index contributed by atoms with van der Waals surface area (Å²) in [5.74, 6) is 0.692. The third-order valence-corrected chi connectivity index (χ3v) is 3.87. The Labute approximate surface area is 91.6 Å². The van der Waals surface area contributed by atoms with E-state index in [1.165, 1.54) is 37.1 Å². The second-order valence-corrected chi connectivity index (χ2v) is 4.69. The minimum atomic E-state index is 0.692. The van der Waals surface area contributed by atoms with Crippen LogP contribution in [-0.2, 0) is 4.74 Å². The van der Waals surface area contributed by atoms with Gasteiger partial charge >= 0.3 is 0 Å². The first-order chi connectivity index (χ1) is 6.88. The van der Waals surface area contributed by atoms with Crippen LogP contribution < -0.4 is 0 Å². The highest BCUT2D eigenvalue weighted by Gasteiger charge is 2.23. The van der Waals surface area contributed by atoms with E-state index >= 15 is 0 Å². The Morgan fingerprint density at radius 2 is 1.71 bits per heavy atom. The van der Waals surface area contributed by atoms with Gasteiger partial charge in [-0.05, 0) is 12.8 Å². The van der Waals surface area contributed by atoms with E-state index in [1.54, 1.807) is 0 Å². The average Bonchev–Trinajstić information content (AvgIpc) is 2.30. The van der Waals surface area contributed by atoms with Crippen LogP contribution in [0.5, 0.6) is 0 Å². The first-order valence-electron chi connectivity index (χ1n) is 5.74. The van der Waals surface area contributed by atoms with Gasteiger partial charge in [-0.1, -0.05) is 31.5 Å². The van der Waals surface area contributed by atoms with Crippen LogP contribution >= 0.6 is 12.2 Å². The molecule has 2 fully saturated rings. The second-order valence-electron chi connectivity index (χ2n) is 4.27. The van der Waals surface area contributed by atoms with Crippen LogP contribution in [-0.4, -0.2) is 36.2 Å². The predicted octanol–water partition coefficient (Wildman–Crippen LogP) is 2.23. The molecule has 0 aromatic rings. The van der Waals surface area contributed by atoms with Gasteiger partial charge in [0.1, 0.15) is 0 Å². The van der Waals surface area contributed by atoms with Crippen LogP contribution in [0.4, 0.5) is 0 Å². The molecule has 0 amide bonds. The molecule has 1 saturated carbocycles. The molecule has 0 unspecified atom stereocenters. The molecule has 1 saturated heterocycles. The largest absolute Gasteiger partial charge is 0.378 e. The van der Waals surface area contributed by atoms with Crippen LogP contribution in [0.1, 0.15) is 32.1 Å². The van der Waals surface area contributed by atoms with Crippen molar-refractivity contribution in [3.05, 3.63) is 0 Å². The van der Waals surface area contributed by atoms with Crippen molar-refractivity contribution < 1.29 is 4.74 Å². The number of hydrogen-bond acceptors (Lipinski definition) is 2. The summed E-state index contributed by atoms with van der Waals surface area (Å²) in [4.78, 5) is 3.57. The monoisotopic (exact) mass is 213 g/mol. The van der Waals surface area contributed by atoms with Gasteiger partial charge in [0.2, 0.25) is 0 Å². The highest BCUT2D eigenvalue weighted by Crippen LogP contribution is 2.26. The minimum Gasteiger partial charge on any atom is -0.378 e. The quantitative estimate of drug-likeness (QED) is 0.620. The van der Waals surface area contributed by atoms with Crippen LogP contribution in [0.25, 0.3) is 0 Å². The summed E-state index contributed by atoms with van der Waals surface area (Å²) in [5.41, 5.74) is 0. The molecule has 1 aliphatic heterocycles. The smallest absolute Gasteiger partial charge is 0.0812 e. The summed E-state index contributed by atoms with van der Waals surface area (Å²) in [7, 11) is 0. The topological polar surface area (TPSA) is 12.5 Å². The lowest BCUT2D eigenvalue weighted by atomic mass is 9.89. The fourth-order valence-corrected chi connectivity index (χ4v) is 2.81. The second kappa shape index (κ2) is 5.08. The molecular formula is C11H19NOS. The van der Waals surface area contributed by atoms with Gasteiger partial charge in [0.15, 0.2) is 0 Å². The Kier molecular flexibility index (Phi) is 3.76. The van der Waals surface area contributed by atoms with Gasteiger partial charge in [0, 0.05) is 19.0 Å². The number of rotatable bonds is 1. The lowest BCUT2D eigenvalue weighted by Crippen LogP contribution is -2.43. The number of morpholine rings is 1. The Bertz CT molecular complexity index is 175. The standard InChI is InChI=1S/C11H19NOS/c14-11(10-4-2-1-3-5-10)12-6-8-13-9-7-12/h10H,1-9H2. The van der Waals surface area contributed by atoms with Crippen LogP contribution in [0, 0.1) is 5.92 Å². The van der Waals surface area contributed by atoms with Crippen molar-refractivity contribution in [2.24, 2.45) is 5.92 Å². The molecule has 14 heavy (non-hydrogen) atoms. The summed E-state index contributed by atoms with van der Waals surface area (Å²) < 4.78 is 5.34. The van der Waals surface area contributed by atoms with Crippen molar-refractivity contribution in [1.29, 1.82) is 0 Å². The Hall–Kier alpha value is -0.150. The minimum absolute atomic E-state index is 0.692. The molecule has 0 N–H and O–H groups in total. The fraction of sp³-hybridized carbons (Fsp3) is 0.909. The number of nitrogens with zero attached hydrogens (tertiary/aromatic N) is 1. The Balaban J connectivity index is 1.85. The average molecular weight is 213 g/mol. The molecule has 0 aromatic heterocycles. The van der Waals surface area contributed by atoms with E-state index in [4.69, 9.17) is 17.0 Å². The first-order valence-corrected chi connectivity index (χ1v) is 6.15. The first kappa shape index (κ1) is 10.4. The lowest BCUT2D eigenvalue weighted by Gasteiger charge is -2.34. The van der Waals surface area contributed by atoms with Gasteiger partial charge in [-0.2, -0.15) is 0 Å². The Morgan fingerprint density at radius 1 is 1.07 bits per heavy atom. The van der Waals surface area contributed by atoms with Gasteiger partial charge in [-0.15, -0.1) is 0 Å². The highest BCUT2D eigenvalue weighted by atomic mass is 32.1. The van der Waals surface area contributed by atoms with Crippen molar-refractivity contribution in [1.82, 2.24) is 4.90 Å². The van der Waals surface area contributed by atoms with E-state index < -0.39 is 0 Å². The number of hydrogen-bond donors (Lipinski definition) is 0. The molecular weight excluding hydrogens is 194 g/mol. The third kappa shape index (κ3) is 2.45. The third-order valence-electron chi connectivity index (χ3n) is 3.28. The van der Waals surface area contributed by atoms with E-state index in [-0.39, 0.29) is 0 Å². The zero-order chi connectivity index (χ0) is 9.80. The fourth-order valence-electron chi connectivity index (χ4n) is 2.39. The highest BCUT2D eigenvalue weighted by molar-refractivity contribution is 7.80. The van der Waals surface area contributed by atoms with E-state index in [1.807, 2.05) is 0 Å². The summed E-state index contributed by atoms with van der Waals surface area (Å²) in [6.07, 6.45) is 6.78. The molecule has 0 bridgehead atoms. The van der Waals surface area contributed by atoms with Crippen molar-refractivity contribution in [3.63, 3.8) is 0 Å². The van der Waals surface area contributed by atoms with Crippen molar-refractivity contribution in [3.8, 4) is 0 Å². The van der Waals surface area contributed by atoms with Gasteiger partial charge in [-0.3, -0.25) is 0 Å². The molecule has 2 aliphatic rings. The van der Waals surface area contributed by atoms with E-state index in [0.717, 1.165) is 26.3 Å². The normalized spacial score (nSPS) is 25.0. The molecule has 0 spiro atoms. The maximum atomic E-state index is 5.56. The van der Waals surface area contributed by atoms with Crippen LogP contribution in [0.2, 0.25) is 0 Å². The maximum absolute atomic E-state index is 5.56. The molecule has 80 valence electrons. The van der Waals surface area contributed by atoms with Gasteiger partial charge in [-0.25, -0.2) is 0 Å². The SMILES string of the molecule is S=C(C1CCCCC1)N1CCOCC1. The molecule has 0 atom stereocenters. The number of thiocarbonyl (C=S) groups is 1.